The minimum Gasteiger partial charge on any atom is -0.383 e. The van der Waals surface area contributed by atoms with Crippen molar-refractivity contribution in [1.82, 2.24) is 10.3 Å². The molecule has 2 rings (SSSR count). The molecule has 0 aliphatic rings. The van der Waals surface area contributed by atoms with Crippen LogP contribution in [-0.4, -0.2) is 30.6 Å². The molecule has 2 aromatic rings. The molecule has 19 heavy (non-hydrogen) atoms. The number of methoxy groups -OCH3 is 1. The molecule has 0 saturated heterocycles. The lowest BCUT2D eigenvalue weighted by Crippen LogP contribution is -2.35. The zero-order valence-electron chi connectivity index (χ0n) is 11.6. The van der Waals surface area contributed by atoms with Gasteiger partial charge >= 0.3 is 0 Å². The van der Waals surface area contributed by atoms with Gasteiger partial charge in [-0.1, -0.05) is 13.0 Å². The van der Waals surface area contributed by atoms with Crippen LogP contribution in [0.3, 0.4) is 0 Å². The number of hydrogen-bond acceptors (Lipinski definition) is 2. The fourth-order valence-electron chi connectivity index (χ4n) is 2.12. The first kappa shape index (κ1) is 13.6. The van der Waals surface area contributed by atoms with Crippen LogP contribution < -0.4 is 5.32 Å². The molecule has 0 unspecified atom stereocenters. The van der Waals surface area contributed by atoms with Crippen LogP contribution in [-0.2, 0) is 11.2 Å². The largest absolute Gasteiger partial charge is 0.383 e. The Morgan fingerprint density at radius 1 is 1.42 bits per heavy atom. The number of benzene rings is 1. The zero-order chi connectivity index (χ0) is 13.8. The lowest BCUT2D eigenvalue weighted by atomic mass is 10.1. The van der Waals surface area contributed by atoms with Crippen LogP contribution in [0.1, 0.15) is 29.9 Å². The third kappa shape index (κ3) is 3.15. The number of carbonyl (C=O) groups is 1. The highest BCUT2D eigenvalue weighted by Gasteiger charge is 2.12. The summed E-state index contributed by atoms with van der Waals surface area (Å²) in [6.45, 7) is 4.54. The van der Waals surface area contributed by atoms with Gasteiger partial charge in [-0.05, 0) is 37.1 Å². The second-order valence-electron chi connectivity index (χ2n) is 4.79. The molecule has 4 heteroatoms. The third-order valence-corrected chi connectivity index (χ3v) is 3.13. The molecule has 1 aromatic heterocycles. The monoisotopic (exact) mass is 260 g/mol. The summed E-state index contributed by atoms with van der Waals surface area (Å²) in [6, 6.07) is 8.09. The van der Waals surface area contributed by atoms with Crippen molar-refractivity contribution in [2.75, 3.05) is 13.7 Å². The number of aryl methyl sites for hydroxylation is 1. The highest BCUT2D eigenvalue weighted by molar-refractivity contribution is 5.98. The summed E-state index contributed by atoms with van der Waals surface area (Å²) in [5.41, 5.74) is 2.85. The highest BCUT2D eigenvalue weighted by atomic mass is 16.5. The van der Waals surface area contributed by atoms with Crippen molar-refractivity contribution >= 4 is 16.8 Å². The van der Waals surface area contributed by atoms with Gasteiger partial charge in [0, 0.05) is 24.1 Å². The van der Waals surface area contributed by atoms with Crippen molar-refractivity contribution in [2.45, 2.75) is 26.3 Å². The minimum absolute atomic E-state index is 0.00452. The van der Waals surface area contributed by atoms with Crippen molar-refractivity contribution in [1.29, 1.82) is 0 Å². The van der Waals surface area contributed by atoms with Gasteiger partial charge in [-0.25, -0.2) is 0 Å². The maximum Gasteiger partial charge on any atom is 0.268 e. The number of fused-ring (bicyclic) bond motifs is 1. The summed E-state index contributed by atoms with van der Waals surface area (Å²) in [6.07, 6.45) is 0.994. The van der Waals surface area contributed by atoms with Gasteiger partial charge in [0.1, 0.15) is 5.69 Å². The number of rotatable bonds is 5. The predicted octanol–water partition coefficient (Wildman–Crippen LogP) is 2.50. The van der Waals surface area contributed by atoms with E-state index in [1.54, 1.807) is 7.11 Å². The first-order valence-electron chi connectivity index (χ1n) is 6.55. The average Bonchev–Trinajstić information content (AvgIpc) is 2.81. The molecule has 102 valence electrons. The molecule has 2 N–H and O–H groups in total. The molecular weight excluding hydrogens is 240 g/mol. The Hall–Kier alpha value is -1.81. The van der Waals surface area contributed by atoms with Gasteiger partial charge in [-0.2, -0.15) is 0 Å². The lowest BCUT2D eigenvalue weighted by Gasteiger charge is -2.11. The van der Waals surface area contributed by atoms with E-state index in [1.165, 1.54) is 5.56 Å². The Kier molecular flexibility index (Phi) is 4.22. The number of amides is 1. The van der Waals surface area contributed by atoms with Crippen molar-refractivity contribution in [3.8, 4) is 0 Å². The van der Waals surface area contributed by atoms with Crippen LogP contribution in [0.4, 0.5) is 0 Å². The zero-order valence-corrected chi connectivity index (χ0v) is 11.6. The fraction of sp³-hybridized carbons (Fsp3) is 0.400. The molecule has 0 radical (unpaired) electrons. The van der Waals surface area contributed by atoms with E-state index in [9.17, 15) is 4.79 Å². The van der Waals surface area contributed by atoms with Crippen molar-refractivity contribution in [3.63, 3.8) is 0 Å². The highest BCUT2D eigenvalue weighted by Crippen LogP contribution is 2.17. The molecular formula is C15H20N2O2. The molecule has 1 atom stereocenters. The van der Waals surface area contributed by atoms with Crippen molar-refractivity contribution < 1.29 is 9.53 Å². The molecule has 1 amide bonds. The second-order valence-corrected chi connectivity index (χ2v) is 4.79. The number of carbonyl (C=O) groups excluding carboxylic acids is 1. The summed E-state index contributed by atoms with van der Waals surface area (Å²) in [5.74, 6) is -0.0983. The molecule has 0 saturated carbocycles. The molecule has 0 fully saturated rings. The van der Waals surface area contributed by atoms with Gasteiger partial charge in [0.25, 0.3) is 5.91 Å². The van der Waals surface area contributed by atoms with Gasteiger partial charge in [0.05, 0.1) is 6.61 Å². The fourth-order valence-corrected chi connectivity index (χ4v) is 2.12. The quantitative estimate of drug-likeness (QED) is 0.867. The van der Waals surface area contributed by atoms with E-state index in [-0.39, 0.29) is 11.9 Å². The molecule has 0 aliphatic heterocycles. The van der Waals surface area contributed by atoms with Crippen LogP contribution in [0.25, 0.3) is 10.9 Å². The Balaban J connectivity index is 2.18. The van der Waals surface area contributed by atoms with Gasteiger partial charge in [-0.15, -0.1) is 0 Å². The summed E-state index contributed by atoms with van der Waals surface area (Å²) in [7, 11) is 1.62. The molecule has 0 spiro atoms. The molecule has 0 aliphatic carbocycles. The first-order valence-corrected chi connectivity index (χ1v) is 6.55. The van der Waals surface area contributed by atoms with Gasteiger partial charge < -0.3 is 15.0 Å². The average molecular weight is 260 g/mol. The summed E-state index contributed by atoms with van der Waals surface area (Å²) >= 11 is 0. The molecule has 1 heterocycles. The topological polar surface area (TPSA) is 54.1 Å². The maximum atomic E-state index is 12.1. The molecule has 1 aromatic carbocycles. The second kappa shape index (κ2) is 5.89. The lowest BCUT2D eigenvalue weighted by molar-refractivity contribution is 0.0901. The number of aromatic amines is 1. The van der Waals surface area contributed by atoms with Crippen LogP contribution >= 0.6 is 0 Å². The van der Waals surface area contributed by atoms with Crippen LogP contribution in [0, 0.1) is 0 Å². The van der Waals surface area contributed by atoms with E-state index >= 15 is 0 Å². The maximum absolute atomic E-state index is 12.1. The predicted molar refractivity (Wildman–Crippen MR) is 76.5 cm³/mol. The van der Waals surface area contributed by atoms with E-state index in [4.69, 9.17) is 4.74 Å². The van der Waals surface area contributed by atoms with Crippen LogP contribution in [0.2, 0.25) is 0 Å². The summed E-state index contributed by atoms with van der Waals surface area (Å²) < 4.78 is 5.00. The van der Waals surface area contributed by atoms with E-state index in [0.717, 1.165) is 17.3 Å². The number of aromatic nitrogens is 1. The Morgan fingerprint density at radius 2 is 2.21 bits per heavy atom. The Bertz CT molecular complexity index is 575. The number of nitrogens with one attached hydrogen (secondary N) is 2. The molecule has 4 nitrogen and oxygen atoms in total. The SMILES string of the molecule is CCc1ccc2[nH]c(C(=O)N[C@H](C)COC)cc2c1. The van der Waals surface area contributed by atoms with E-state index in [0.29, 0.717) is 12.3 Å². The number of ether oxygens (including phenoxy) is 1. The standard InChI is InChI=1S/C15H20N2O2/c1-4-11-5-6-13-12(7-11)8-14(17-13)15(18)16-10(2)9-19-3/h5-8,10,17H,4,9H2,1-3H3,(H,16,18)/t10-/m1/s1. The third-order valence-electron chi connectivity index (χ3n) is 3.13. The number of hydrogen-bond donors (Lipinski definition) is 2. The molecule has 0 bridgehead atoms. The summed E-state index contributed by atoms with van der Waals surface area (Å²) in [5, 5.41) is 3.96. The van der Waals surface area contributed by atoms with Crippen LogP contribution in [0.5, 0.6) is 0 Å². The van der Waals surface area contributed by atoms with E-state index < -0.39 is 0 Å². The smallest absolute Gasteiger partial charge is 0.268 e. The van der Waals surface area contributed by atoms with Gasteiger partial charge in [0.15, 0.2) is 0 Å². The van der Waals surface area contributed by atoms with Crippen LogP contribution in [0.15, 0.2) is 24.3 Å². The van der Waals surface area contributed by atoms with Gasteiger partial charge in [0.2, 0.25) is 0 Å². The Morgan fingerprint density at radius 3 is 2.89 bits per heavy atom. The van der Waals surface area contributed by atoms with Crippen molar-refractivity contribution in [2.24, 2.45) is 0 Å². The van der Waals surface area contributed by atoms with Gasteiger partial charge in [-0.3, -0.25) is 4.79 Å². The van der Waals surface area contributed by atoms with E-state index in [1.807, 2.05) is 19.1 Å². The van der Waals surface area contributed by atoms with Crippen molar-refractivity contribution in [3.05, 3.63) is 35.5 Å². The normalized spacial score (nSPS) is 12.6. The number of H-pyrrole nitrogens is 1. The first-order chi connectivity index (χ1) is 9.13. The summed E-state index contributed by atoms with van der Waals surface area (Å²) in [4.78, 5) is 15.2. The van der Waals surface area contributed by atoms with E-state index in [2.05, 4.69) is 29.4 Å². The minimum atomic E-state index is -0.0983. The Labute approximate surface area is 113 Å².